The van der Waals surface area contributed by atoms with E-state index in [1.165, 1.54) is 13.2 Å². The Morgan fingerprint density at radius 2 is 2.06 bits per heavy atom. The third-order valence-corrected chi connectivity index (χ3v) is 3.08. The van der Waals surface area contributed by atoms with Crippen LogP contribution in [0, 0.1) is 0 Å². The zero-order valence-electron chi connectivity index (χ0n) is 9.64. The summed E-state index contributed by atoms with van der Waals surface area (Å²) in [6.07, 6.45) is -2.04. The molecule has 0 aliphatic heterocycles. The molecule has 0 heterocycles. The second kappa shape index (κ2) is 6.20. The normalized spacial score (nSPS) is 14.4. The molecule has 6 heteroatoms. The lowest BCUT2D eigenvalue weighted by molar-refractivity contribution is 0.0197. The van der Waals surface area contributed by atoms with Crippen molar-refractivity contribution in [3.05, 3.63) is 22.2 Å². The van der Waals surface area contributed by atoms with Gasteiger partial charge in [0.2, 0.25) is 0 Å². The molecule has 0 fully saturated rings. The van der Waals surface area contributed by atoms with Crippen LogP contribution in [0.2, 0.25) is 0 Å². The SMILES string of the molecule is CNCC(O)C(O)c1cc(O)c(OC)cc1Br. The second-order valence-electron chi connectivity index (χ2n) is 3.62. The summed E-state index contributed by atoms with van der Waals surface area (Å²) in [5.74, 6) is 0.220. The number of methoxy groups -OCH3 is 1. The fraction of sp³-hybridized carbons (Fsp3) is 0.455. The van der Waals surface area contributed by atoms with Gasteiger partial charge in [0, 0.05) is 16.6 Å². The van der Waals surface area contributed by atoms with Gasteiger partial charge in [-0.25, -0.2) is 0 Å². The Kier molecular flexibility index (Phi) is 5.20. The third kappa shape index (κ3) is 3.32. The smallest absolute Gasteiger partial charge is 0.161 e. The quantitative estimate of drug-likeness (QED) is 0.646. The Hall–Kier alpha value is -0.820. The van der Waals surface area contributed by atoms with Crippen molar-refractivity contribution in [3.63, 3.8) is 0 Å². The van der Waals surface area contributed by atoms with Gasteiger partial charge in [-0.1, -0.05) is 15.9 Å². The highest BCUT2D eigenvalue weighted by Crippen LogP contribution is 2.36. The van der Waals surface area contributed by atoms with Crippen LogP contribution >= 0.6 is 15.9 Å². The number of ether oxygens (including phenoxy) is 1. The van der Waals surface area contributed by atoms with Crippen LogP contribution in [0.3, 0.4) is 0 Å². The predicted molar refractivity (Wildman–Crippen MR) is 67.3 cm³/mol. The van der Waals surface area contributed by atoms with Crippen molar-refractivity contribution >= 4 is 15.9 Å². The molecule has 1 aromatic rings. The van der Waals surface area contributed by atoms with E-state index in [0.717, 1.165) is 0 Å². The van der Waals surface area contributed by atoms with E-state index in [1.807, 2.05) is 0 Å². The average Bonchev–Trinajstić information content (AvgIpc) is 2.31. The van der Waals surface area contributed by atoms with E-state index < -0.39 is 12.2 Å². The standard InChI is InChI=1S/C11H16BrNO4/c1-13-5-9(15)11(16)6-3-8(14)10(17-2)4-7(6)12/h3-4,9,11,13-16H,5H2,1-2H3. The van der Waals surface area contributed by atoms with E-state index in [-0.39, 0.29) is 12.3 Å². The van der Waals surface area contributed by atoms with Crippen LogP contribution in [0.1, 0.15) is 11.7 Å². The minimum Gasteiger partial charge on any atom is -0.504 e. The van der Waals surface area contributed by atoms with Gasteiger partial charge >= 0.3 is 0 Å². The minimum atomic E-state index is -1.09. The van der Waals surface area contributed by atoms with Gasteiger partial charge in [0.05, 0.1) is 13.2 Å². The molecule has 17 heavy (non-hydrogen) atoms. The first-order valence-electron chi connectivity index (χ1n) is 5.08. The summed E-state index contributed by atoms with van der Waals surface area (Å²) in [6, 6.07) is 2.91. The molecule has 0 aromatic heterocycles. The Balaban J connectivity index is 3.01. The number of aliphatic hydroxyl groups is 2. The third-order valence-electron chi connectivity index (χ3n) is 2.39. The predicted octanol–water partition coefficient (Wildman–Crippen LogP) is 0.777. The molecule has 4 N–H and O–H groups in total. The van der Waals surface area contributed by atoms with Crippen molar-refractivity contribution in [2.24, 2.45) is 0 Å². The Morgan fingerprint density at radius 3 is 2.59 bits per heavy atom. The molecule has 1 rings (SSSR count). The number of rotatable bonds is 5. The maximum Gasteiger partial charge on any atom is 0.161 e. The van der Waals surface area contributed by atoms with Crippen molar-refractivity contribution in [1.29, 1.82) is 0 Å². The summed E-state index contributed by atoms with van der Waals surface area (Å²) in [6.45, 7) is 0.250. The number of aromatic hydroxyl groups is 1. The Labute approximate surface area is 108 Å². The highest BCUT2D eigenvalue weighted by molar-refractivity contribution is 9.10. The molecule has 1 aromatic carbocycles. The first kappa shape index (κ1) is 14.2. The van der Waals surface area contributed by atoms with Gasteiger partial charge in [0.25, 0.3) is 0 Å². The number of halogens is 1. The van der Waals surface area contributed by atoms with Crippen molar-refractivity contribution < 1.29 is 20.1 Å². The number of hydrogen-bond donors (Lipinski definition) is 4. The minimum absolute atomic E-state index is 0.0820. The molecule has 0 saturated carbocycles. The topological polar surface area (TPSA) is 82.0 Å². The Bertz CT molecular complexity index is 386. The summed E-state index contributed by atoms with van der Waals surface area (Å²) in [5.41, 5.74) is 0.408. The summed E-state index contributed by atoms with van der Waals surface area (Å²) in [5, 5.41) is 32.0. The molecule has 0 amide bonds. The highest BCUT2D eigenvalue weighted by Gasteiger charge is 2.21. The van der Waals surface area contributed by atoms with E-state index >= 15 is 0 Å². The summed E-state index contributed by atoms with van der Waals surface area (Å²) < 4.78 is 5.50. The molecule has 0 aliphatic rings. The van der Waals surface area contributed by atoms with Crippen LogP contribution in [0.5, 0.6) is 11.5 Å². The fourth-order valence-electron chi connectivity index (χ4n) is 1.48. The lowest BCUT2D eigenvalue weighted by Gasteiger charge is -2.19. The first-order chi connectivity index (χ1) is 8.01. The van der Waals surface area contributed by atoms with E-state index in [1.54, 1.807) is 13.1 Å². The fourth-order valence-corrected chi connectivity index (χ4v) is 2.03. The molecular formula is C11H16BrNO4. The molecular weight excluding hydrogens is 290 g/mol. The van der Waals surface area contributed by atoms with Crippen LogP contribution in [-0.2, 0) is 0 Å². The van der Waals surface area contributed by atoms with Gasteiger partial charge in [0.15, 0.2) is 11.5 Å². The average molecular weight is 306 g/mol. The molecule has 2 atom stereocenters. The first-order valence-corrected chi connectivity index (χ1v) is 5.87. The van der Waals surface area contributed by atoms with Crippen molar-refractivity contribution in [3.8, 4) is 11.5 Å². The van der Waals surface area contributed by atoms with Crippen LogP contribution in [0.4, 0.5) is 0 Å². The second-order valence-corrected chi connectivity index (χ2v) is 4.47. The van der Waals surface area contributed by atoms with E-state index in [0.29, 0.717) is 15.8 Å². The molecule has 0 saturated heterocycles. The van der Waals surface area contributed by atoms with Crippen molar-refractivity contribution in [2.75, 3.05) is 20.7 Å². The van der Waals surface area contributed by atoms with E-state index in [4.69, 9.17) is 4.74 Å². The monoisotopic (exact) mass is 305 g/mol. The number of benzene rings is 1. The Morgan fingerprint density at radius 1 is 1.41 bits per heavy atom. The van der Waals surface area contributed by atoms with Crippen molar-refractivity contribution in [1.82, 2.24) is 5.32 Å². The van der Waals surface area contributed by atoms with Crippen LogP contribution < -0.4 is 10.1 Å². The summed E-state index contributed by atoms with van der Waals surface area (Å²) in [4.78, 5) is 0. The maximum atomic E-state index is 9.92. The summed E-state index contributed by atoms with van der Waals surface area (Å²) >= 11 is 3.26. The number of nitrogens with one attached hydrogen (secondary N) is 1. The lowest BCUT2D eigenvalue weighted by atomic mass is 10.0. The largest absolute Gasteiger partial charge is 0.504 e. The molecule has 0 radical (unpaired) electrons. The molecule has 0 bridgehead atoms. The number of phenolic OH excluding ortho intramolecular Hbond substituents is 1. The van der Waals surface area contributed by atoms with Gasteiger partial charge in [-0.15, -0.1) is 0 Å². The van der Waals surface area contributed by atoms with Gasteiger partial charge in [-0.2, -0.15) is 0 Å². The van der Waals surface area contributed by atoms with Gasteiger partial charge < -0.3 is 25.4 Å². The molecule has 96 valence electrons. The zero-order chi connectivity index (χ0) is 13.0. The zero-order valence-corrected chi connectivity index (χ0v) is 11.2. The molecule has 5 nitrogen and oxygen atoms in total. The van der Waals surface area contributed by atoms with Gasteiger partial charge in [0.1, 0.15) is 6.10 Å². The highest BCUT2D eigenvalue weighted by atomic mass is 79.9. The number of phenols is 1. The van der Waals surface area contributed by atoms with Gasteiger partial charge in [-0.3, -0.25) is 0 Å². The van der Waals surface area contributed by atoms with E-state index in [9.17, 15) is 15.3 Å². The molecule has 0 spiro atoms. The van der Waals surface area contributed by atoms with E-state index in [2.05, 4.69) is 21.2 Å². The lowest BCUT2D eigenvalue weighted by Crippen LogP contribution is -2.29. The van der Waals surface area contributed by atoms with Crippen molar-refractivity contribution in [2.45, 2.75) is 12.2 Å². The number of likely N-dealkylation sites (N-methyl/N-ethyl adjacent to an activating group) is 1. The van der Waals surface area contributed by atoms with Crippen LogP contribution in [0.15, 0.2) is 16.6 Å². The number of hydrogen-bond acceptors (Lipinski definition) is 5. The molecule has 0 aliphatic carbocycles. The molecule has 2 unspecified atom stereocenters. The summed E-state index contributed by atoms with van der Waals surface area (Å²) in [7, 11) is 3.12. The maximum absolute atomic E-state index is 9.92. The number of aliphatic hydroxyl groups excluding tert-OH is 2. The van der Waals surface area contributed by atoms with Crippen LogP contribution in [-0.4, -0.2) is 42.1 Å². The van der Waals surface area contributed by atoms with Crippen LogP contribution in [0.25, 0.3) is 0 Å². The van der Waals surface area contributed by atoms with Gasteiger partial charge in [-0.05, 0) is 19.2 Å².